The van der Waals surface area contributed by atoms with Gasteiger partial charge < -0.3 is 5.32 Å². The Labute approximate surface area is 166 Å². The fraction of sp³-hybridized carbons (Fsp3) is 0.522. The predicted molar refractivity (Wildman–Crippen MR) is 112 cm³/mol. The van der Waals surface area contributed by atoms with Crippen molar-refractivity contribution in [1.29, 1.82) is 0 Å². The quantitative estimate of drug-likeness (QED) is 0.793. The fourth-order valence-electron chi connectivity index (χ4n) is 4.71. The third-order valence-electron chi connectivity index (χ3n) is 6.39. The zero-order valence-corrected chi connectivity index (χ0v) is 16.8. The highest BCUT2D eigenvalue weighted by molar-refractivity contribution is 7.10. The first-order valence-electron chi connectivity index (χ1n) is 10.3. The van der Waals surface area contributed by atoms with Crippen LogP contribution in [-0.2, 0) is 16.8 Å². The molecule has 3 nitrogen and oxygen atoms in total. The van der Waals surface area contributed by atoms with Gasteiger partial charge in [0.2, 0.25) is 5.91 Å². The van der Waals surface area contributed by atoms with E-state index in [9.17, 15) is 4.79 Å². The van der Waals surface area contributed by atoms with Crippen LogP contribution in [0.5, 0.6) is 0 Å². The number of piperidine rings is 1. The Kier molecular flexibility index (Phi) is 5.94. The number of thiophene rings is 1. The Balaban J connectivity index is 1.27. The second-order valence-electron chi connectivity index (χ2n) is 8.18. The summed E-state index contributed by atoms with van der Waals surface area (Å²) in [7, 11) is 0. The van der Waals surface area contributed by atoms with E-state index < -0.39 is 0 Å². The number of rotatable bonds is 6. The maximum Gasteiger partial charge on any atom is 0.231 e. The van der Waals surface area contributed by atoms with Crippen LogP contribution in [0.15, 0.2) is 47.8 Å². The van der Waals surface area contributed by atoms with E-state index in [1.165, 1.54) is 36.1 Å². The molecule has 2 aliphatic rings. The van der Waals surface area contributed by atoms with Crippen LogP contribution in [-0.4, -0.2) is 30.4 Å². The van der Waals surface area contributed by atoms with Gasteiger partial charge in [-0.15, -0.1) is 11.3 Å². The van der Waals surface area contributed by atoms with Gasteiger partial charge in [-0.05, 0) is 61.7 Å². The van der Waals surface area contributed by atoms with Crippen LogP contribution < -0.4 is 5.32 Å². The molecule has 0 spiro atoms. The van der Waals surface area contributed by atoms with Gasteiger partial charge in [-0.3, -0.25) is 9.69 Å². The molecule has 1 saturated carbocycles. The molecule has 1 saturated heterocycles. The van der Waals surface area contributed by atoms with Gasteiger partial charge in [0.15, 0.2) is 0 Å². The number of nitrogens with one attached hydrogen (secondary N) is 1. The van der Waals surface area contributed by atoms with Gasteiger partial charge in [0.1, 0.15) is 0 Å². The van der Waals surface area contributed by atoms with Crippen LogP contribution >= 0.6 is 11.3 Å². The van der Waals surface area contributed by atoms with Crippen LogP contribution in [0.2, 0.25) is 0 Å². The van der Waals surface area contributed by atoms with Crippen molar-refractivity contribution in [2.75, 3.05) is 19.6 Å². The molecule has 0 bridgehead atoms. The normalized spacial score (nSPS) is 20.6. The van der Waals surface area contributed by atoms with E-state index in [0.29, 0.717) is 5.92 Å². The maximum absolute atomic E-state index is 13.1. The minimum absolute atomic E-state index is 0.248. The number of carbonyl (C=O) groups is 1. The van der Waals surface area contributed by atoms with Gasteiger partial charge in [0.05, 0.1) is 5.41 Å². The summed E-state index contributed by atoms with van der Waals surface area (Å²) in [6.45, 7) is 4.14. The number of amides is 1. The maximum atomic E-state index is 13.1. The fourth-order valence-corrected chi connectivity index (χ4v) is 5.69. The molecule has 144 valence electrons. The molecule has 1 aliphatic heterocycles. The molecular formula is C23H30N2OS. The molecule has 2 fully saturated rings. The second-order valence-corrected chi connectivity index (χ2v) is 9.13. The summed E-state index contributed by atoms with van der Waals surface area (Å²) in [6.07, 6.45) is 6.72. The van der Waals surface area contributed by atoms with E-state index in [0.717, 1.165) is 39.0 Å². The monoisotopic (exact) mass is 382 g/mol. The largest absolute Gasteiger partial charge is 0.355 e. The van der Waals surface area contributed by atoms with Crippen LogP contribution in [0.3, 0.4) is 0 Å². The Bertz CT molecular complexity index is 714. The lowest BCUT2D eigenvalue weighted by atomic mass is 9.83. The molecule has 27 heavy (non-hydrogen) atoms. The lowest BCUT2D eigenvalue weighted by Crippen LogP contribution is -2.45. The number of hydrogen-bond acceptors (Lipinski definition) is 3. The van der Waals surface area contributed by atoms with E-state index in [1.54, 1.807) is 11.3 Å². The van der Waals surface area contributed by atoms with Crippen molar-refractivity contribution in [2.45, 2.75) is 50.5 Å². The molecule has 2 heterocycles. The third kappa shape index (κ3) is 4.27. The van der Waals surface area contributed by atoms with Crippen molar-refractivity contribution in [2.24, 2.45) is 5.92 Å². The van der Waals surface area contributed by atoms with Gasteiger partial charge >= 0.3 is 0 Å². The summed E-state index contributed by atoms with van der Waals surface area (Å²) in [5, 5.41) is 5.44. The van der Waals surface area contributed by atoms with E-state index in [-0.39, 0.29) is 11.3 Å². The van der Waals surface area contributed by atoms with E-state index in [2.05, 4.69) is 58.1 Å². The highest BCUT2D eigenvalue weighted by Gasteiger charge is 2.43. The Morgan fingerprint density at radius 3 is 2.48 bits per heavy atom. The SMILES string of the molecule is O=C(NCC1CCN(Cc2ccccc2)CC1)C1(c2cccs2)CCCC1. The van der Waals surface area contributed by atoms with Gasteiger partial charge in [-0.2, -0.15) is 0 Å². The molecule has 1 aromatic heterocycles. The van der Waals surface area contributed by atoms with Crippen LogP contribution in [0, 0.1) is 5.92 Å². The molecule has 4 rings (SSSR count). The molecule has 0 radical (unpaired) electrons. The average Bonchev–Trinajstić information content (AvgIpc) is 3.40. The molecular weight excluding hydrogens is 352 g/mol. The van der Waals surface area contributed by atoms with Gasteiger partial charge in [0.25, 0.3) is 0 Å². The highest BCUT2D eigenvalue weighted by atomic mass is 32.1. The first-order chi connectivity index (χ1) is 13.3. The number of hydrogen-bond donors (Lipinski definition) is 1. The Morgan fingerprint density at radius 1 is 1.07 bits per heavy atom. The molecule has 2 aromatic rings. The topological polar surface area (TPSA) is 32.3 Å². The summed E-state index contributed by atoms with van der Waals surface area (Å²) < 4.78 is 0. The third-order valence-corrected chi connectivity index (χ3v) is 7.47. The zero-order valence-electron chi connectivity index (χ0n) is 16.0. The molecule has 1 aromatic carbocycles. The van der Waals surface area contributed by atoms with Crippen molar-refractivity contribution in [1.82, 2.24) is 10.2 Å². The van der Waals surface area contributed by atoms with Crippen molar-refractivity contribution >= 4 is 17.2 Å². The summed E-state index contributed by atoms with van der Waals surface area (Å²) >= 11 is 1.74. The van der Waals surface area contributed by atoms with Gasteiger partial charge in [-0.1, -0.05) is 49.2 Å². The van der Waals surface area contributed by atoms with Gasteiger partial charge in [0, 0.05) is 18.0 Å². The number of carbonyl (C=O) groups excluding carboxylic acids is 1. The number of benzene rings is 1. The second kappa shape index (κ2) is 8.57. The van der Waals surface area contributed by atoms with E-state index in [1.807, 2.05) is 0 Å². The van der Waals surface area contributed by atoms with Crippen LogP contribution in [0.25, 0.3) is 0 Å². The van der Waals surface area contributed by atoms with E-state index >= 15 is 0 Å². The first kappa shape index (κ1) is 18.7. The Hall–Kier alpha value is -1.65. The smallest absolute Gasteiger partial charge is 0.231 e. The first-order valence-corrected chi connectivity index (χ1v) is 11.2. The average molecular weight is 383 g/mol. The van der Waals surface area contributed by atoms with Crippen molar-refractivity contribution < 1.29 is 4.79 Å². The number of likely N-dealkylation sites (tertiary alicyclic amines) is 1. The Morgan fingerprint density at radius 2 is 1.81 bits per heavy atom. The van der Waals surface area contributed by atoms with Crippen molar-refractivity contribution in [3.63, 3.8) is 0 Å². The molecule has 0 atom stereocenters. The van der Waals surface area contributed by atoms with Crippen molar-refractivity contribution in [3.05, 3.63) is 58.3 Å². The lowest BCUT2D eigenvalue weighted by molar-refractivity contribution is -0.126. The van der Waals surface area contributed by atoms with Crippen molar-refractivity contribution in [3.8, 4) is 0 Å². The van der Waals surface area contributed by atoms with Gasteiger partial charge in [-0.25, -0.2) is 0 Å². The van der Waals surface area contributed by atoms with Crippen LogP contribution in [0.1, 0.15) is 49.0 Å². The zero-order chi connectivity index (χ0) is 18.5. The minimum Gasteiger partial charge on any atom is -0.355 e. The molecule has 0 unspecified atom stereocenters. The summed E-state index contributed by atoms with van der Waals surface area (Å²) in [4.78, 5) is 16.9. The summed E-state index contributed by atoms with van der Waals surface area (Å²) in [5.41, 5.74) is 1.14. The standard InChI is InChI=1S/C23H30N2OS/c26-22(23(12-4-5-13-23)21-9-6-16-27-21)24-17-19-10-14-25(15-11-19)18-20-7-2-1-3-8-20/h1-3,6-9,16,19H,4-5,10-15,17-18H2,(H,24,26). The highest BCUT2D eigenvalue weighted by Crippen LogP contribution is 2.43. The molecule has 1 N–H and O–H groups in total. The molecule has 4 heteroatoms. The minimum atomic E-state index is -0.248. The summed E-state index contributed by atoms with van der Waals surface area (Å²) in [6, 6.07) is 14.9. The lowest BCUT2D eigenvalue weighted by Gasteiger charge is -2.33. The predicted octanol–water partition coefficient (Wildman–Crippen LogP) is 4.59. The number of nitrogens with zero attached hydrogens (tertiary/aromatic N) is 1. The van der Waals surface area contributed by atoms with Crippen LogP contribution in [0.4, 0.5) is 0 Å². The molecule has 1 aliphatic carbocycles. The van der Waals surface area contributed by atoms with E-state index in [4.69, 9.17) is 0 Å². The summed E-state index contributed by atoms with van der Waals surface area (Å²) in [5.74, 6) is 0.886. The molecule has 1 amide bonds.